The first-order valence-corrected chi connectivity index (χ1v) is 10.0. The molecule has 0 aliphatic carbocycles. The molecule has 1 heterocycles. The van der Waals surface area contributed by atoms with Gasteiger partial charge in [0.25, 0.3) is 0 Å². The minimum Gasteiger partial charge on any atom is -0.385 e. The summed E-state index contributed by atoms with van der Waals surface area (Å²) in [4.78, 5) is 9.73. The van der Waals surface area contributed by atoms with Crippen LogP contribution in [-0.4, -0.2) is 87.5 Å². The maximum Gasteiger partial charge on any atom is 0.193 e. The third kappa shape index (κ3) is 9.71. The number of hydrogen-bond donors (Lipinski definition) is 1. The van der Waals surface area contributed by atoms with Crippen LogP contribution in [0.1, 0.15) is 47.0 Å². The fraction of sp³-hybridized carbons (Fsp3) is 0.947. The topological polar surface area (TPSA) is 49.3 Å². The van der Waals surface area contributed by atoms with E-state index in [1.807, 2.05) is 0 Å². The minimum atomic E-state index is 0. The van der Waals surface area contributed by atoms with Gasteiger partial charge in [-0.15, -0.1) is 24.0 Å². The van der Waals surface area contributed by atoms with E-state index in [9.17, 15) is 0 Å². The SMILES string of the molecule is CCNC(=NCC(C)N(CC)CC)N1CCC(OCCCOC)CC1.I. The lowest BCUT2D eigenvalue weighted by atomic mass is 10.1. The number of likely N-dealkylation sites (N-methyl/N-ethyl adjacent to an activating group) is 1. The van der Waals surface area contributed by atoms with Gasteiger partial charge in [-0.2, -0.15) is 0 Å². The van der Waals surface area contributed by atoms with Crippen molar-refractivity contribution < 1.29 is 9.47 Å². The maximum absolute atomic E-state index is 5.96. The Balaban J connectivity index is 0.00000625. The average Bonchev–Trinajstić information content (AvgIpc) is 2.64. The van der Waals surface area contributed by atoms with Crippen LogP contribution in [-0.2, 0) is 9.47 Å². The Kier molecular flexibility index (Phi) is 15.8. The van der Waals surface area contributed by atoms with E-state index in [1.54, 1.807) is 7.11 Å². The number of likely N-dealkylation sites (tertiary alicyclic amines) is 1. The van der Waals surface area contributed by atoms with Gasteiger partial charge >= 0.3 is 0 Å². The fourth-order valence-electron chi connectivity index (χ4n) is 3.29. The van der Waals surface area contributed by atoms with Crippen LogP contribution in [0, 0.1) is 0 Å². The maximum atomic E-state index is 5.96. The highest BCUT2D eigenvalue weighted by atomic mass is 127. The normalized spacial score (nSPS) is 17.3. The molecule has 1 rings (SSSR count). The summed E-state index contributed by atoms with van der Waals surface area (Å²) >= 11 is 0. The van der Waals surface area contributed by atoms with E-state index in [4.69, 9.17) is 14.5 Å². The number of guanidine groups is 1. The third-order valence-electron chi connectivity index (χ3n) is 4.86. The molecule has 6 nitrogen and oxygen atoms in total. The third-order valence-corrected chi connectivity index (χ3v) is 4.86. The molecule has 1 unspecified atom stereocenters. The Hall–Kier alpha value is -0.120. The zero-order valence-electron chi connectivity index (χ0n) is 17.5. The Labute approximate surface area is 178 Å². The highest BCUT2D eigenvalue weighted by molar-refractivity contribution is 14.0. The molecule has 0 amide bonds. The fourth-order valence-corrected chi connectivity index (χ4v) is 3.29. The first-order valence-electron chi connectivity index (χ1n) is 10.0. The predicted molar refractivity (Wildman–Crippen MR) is 121 cm³/mol. The summed E-state index contributed by atoms with van der Waals surface area (Å²) in [6, 6.07) is 0.477. The number of aliphatic imine (C=N–C) groups is 1. The Morgan fingerprint density at radius 3 is 2.38 bits per heavy atom. The monoisotopic (exact) mass is 484 g/mol. The highest BCUT2D eigenvalue weighted by Crippen LogP contribution is 2.14. The van der Waals surface area contributed by atoms with Crippen LogP contribution in [0.25, 0.3) is 0 Å². The molecule has 0 radical (unpaired) electrons. The van der Waals surface area contributed by atoms with Crippen LogP contribution in [0.2, 0.25) is 0 Å². The highest BCUT2D eigenvalue weighted by Gasteiger charge is 2.22. The summed E-state index contributed by atoms with van der Waals surface area (Å²) in [6.45, 7) is 16.3. The van der Waals surface area contributed by atoms with E-state index in [-0.39, 0.29) is 24.0 Å². The van der Waals surface area contributed by atoms with Gasteiger partial charge in [0, 0.05) is 46.0 Å². The van der Waals surface area contributed by atoms with Crippen molar-refractivity contribution in [2.45, 2.75) is 59.1 Å². The second kappa shape index (κ2) is 15.9. The van der Waals surface area contributed by atoms with Crippen LogP contribution in [0.15, 0.2) is 4.99 Å². The number of rotatable bonds is 11. The number of nitrogens with zero attached hydrogens (tertiary/aromatic N) is 3. The number of ether oxygens (including phenoxy) is 2. The second-order valence-corrected chi connectivity index (χ2v) is 6.67. The quantitative estimate of drug-likeness (QED) is 0.212. The molecule has 0 aromatic rings. The molecule has 1 fully saturated rings. The van der Waals surface area contributed by atoms with Crippen LogP contribution < -0.4 is 5.32 Å². The Morgan fingerprint density at radius 2 is 1.85 bits per heavy atom. The Bertz CT molecular complexity index is 359. The number of nitrogens with one attached hydrogen (secondary N) is 1. The summed E-state index contributed by atoms with van der Waals surface area (Å²) in [5.41, 5.74) is 0. The molecule has 1 aliphatic heterocycles. The summed E-state index contributed by atoms with van der Waals surface area (Å²) in [6.07, 6.45) is 3.50. The summed E-state index contributed by atoms with van der Waals surface area (Å²) in [5.74, 6) is 1.05. The van der Waals surface area contributed by atoms with Crippen molar-refractivity contribution in [1.29, 1.82) is 0 Å². The number of halogens is 1. The van der Waals surface area contributed by atoms with Crippen molar-refractivity contribution >= 4 is 29.9 Å². The molecular weight excluding hydrogens is 443 g/mol. The molecule has 0 saturated carbocycles. The van der Waals surface area contributed by atoms with E-state index in [0.717, 1.165) is 77.7 Å². The van der Waals surface area contributed by atoms with Crippen LogP contribution in [0.4, 0.5) is 0 Å². The van der Waals surface area contributed by atoms with E-state index < -0.39 is 0 Å². The zero-order chi connectivity index (χ0) is 18.5. The average molecular weight is 484 g/mol. The molecular formula is C19H41IN4O2. The van der Waals surface area contributed by atoms with Gasteiger partial charge in [-0.3, -0.25) is 9.89 Å². The standard InChI is InChI=1S/C19H40N4O2.HI/c1-6-20-19(21-16-17(4)22(7-2)8-3)23-12-10-18(11-13-23)25-15-9-14-24-5;/h17-18H,6-16H2,1-5H3,(H,20,21);1H. The molecule has 1 atom stereocenters. The first-order chi connectivity index (χ1) is 12.2. The van der Waals surface area contributed by atoms with Crippen molar-refractivity contribution in [2.24, 2.45) is 4.99 Å². The largest absolute Gasteiger partial charge is 0.385 e. The van der Waals surface area contributed by atoms with Gasteiger partial charge in [-0.05, 0) is 46.2 Å². The van der Waals surface area contributed by atoms with Gasteiger partial charge in [-0.25, -0.2) is 0 Å². The number of hydrogen-bond acceptors (Lipinski definition) is 4. The summed E-state index contributed by atoms with van der Waals surface area (Å²) < 4.78 is 11.0. The lowest BCUT2D eigenvalue weighted by molar-refractivity contribution is 0.00989. The van der Waals surface area contributed by atoms with Gasteiger partial charge in [0.1, 0.15) is 0 Å². The lowest BCUT2D eigenvalue weighted by Gasteiger charge is -2.34. The first kappa shape index (κ1) is 25.9. The van der Waals surface area contributed by atoms with Gasteiger partial charge in [0.15, 0.2) is 5.96 Å². The number of methoxy groups -OCH3 is 1. The molecule has 0 aromatic carbocycles. The summed E-state index contributed by atoms with van der Waals surface area (Å²) in [5, 5.41) is 3.46. The summed E-state index contributed by atoms with van der Waals surface area (Å²) in [7, 11) is 1.74. The molecule has 7 heteroatoms. The number of piperidine rings is 1. The molecule has 0 spiro atoms. The van der Waals surface area contributed by atoms with Gasteiger partial charge < -0.3 is 19.7 Å². The minimum absolute atomic E-state index is 0. The molecule has 0 bridgehead atoms. The van der Waals surface area contributed by atoms with Crippen molar-refractivity contribution in [1.82, 2.24) is 15.1 Å². The molecule has 1 N–H and O–H groups in total. The predicted octanol–water partition coefficient (Wildman–Crippen LogP) is 2.82. The van der Waals surface area contributed by atoms with Crippen molar-refractivity contribution in [3.8, 4) is 0 Å². The van der Waals surface area contributed by atoms with Gasteiger partial charge in [0.05, 0.1) is 12.6 Å². The second-order valence-electron chi connectivity index (χ2n) is 6.67. The van der Waals surface area contributed by atoms with Gasteiger partial charge in [0.2, 0.25) is 0 Å². The van der Waals surface area contributed by atoms with Crippen LogP contribution >= 0.6 is 24.0 Å². The molecule has 1 saturated heterocycles. The Morgan fingerprint density at radius 1 is 1.19 bits per heavy atom. The van der Waals surface area contributed by atoms with E-state index in [2.05, 4.69) is 42.8 Å². The van der Waals surface area contributed by atoms with Crippen LogP contribution in [0.5, 0.6) is 0 Å². The van der Waals surface area contributed by atoms with Crippen molar-refractivity contribution in [2.75, 3.05) is 59.6 Å². The molecule has 156 valence electrons. The smallest absolute Gasteiger partial charge is 0.193 e. The molecule has 1 aliphatic rings. The molecule has 26 heavy (non-hydrogen) atoms. The molecule has 0 aromatic heterocycles. The van der Waals surface area contributed by atoms with Crippen LogP contribution in [0.3, 0.4) is 0 Å². The zero-order valence-corrected chi connectivity index (χ0v) is 19.8. The van der Waals surface area contributed by atoms with Gasteiger partial charge in [-0.1, -0.05) is 13.8 Å². The van der Waals surface area contributed by atoms with Crippen molar-refractivity contribution in [3.63, 3.8) is 0 Å². The van der Waals surface area contributed by atoms with E-state index >= 15 is 0 Å². The lowest BCUT2D eigenvalue weighted by Crippen LogP contribution is -2.47. The van der Waals surface area contributed by atoms with E-state index in [1.165, 1.54) is 0 Å². The van der Waals surface area contributed by atoms with E-state index in [0.29, 0.717) is 12.1 Å². The van der Waals surface area contributed by atoms with Crippen molar-refractivity contribution in [3.05, 3.63) is 0 Å².